The largest absolute Gasteiger partial charge is 0.493 e. The molecule has 0 unspecified atom stereocenters. The molecule has 7 nitrogen and oxygen atoms in total. The first-order valence-corrected chi connectivity index (χ1v) is 9.01. The fourth-order valence-electron chi connectivity index (χ4n) is 2.71. The van der Waals surface area contributed by atoms with Crippen LogP contribution in [0.2, 0.25) is 0 Å². The van der Waals surface area contributed by atoms with Gasteiger partial charge in [0.1, 0.15) is 5.75 Å². The minimum absolute atomic E-state index is 0.0157. The van der Waals surface area contributed by atoms with Crippen LogP contribution in [0.5, 0.6) is 5.75 Å². The third-order valence-electron chi connectivity index (χ3n) is 4.28. The van der Waals surface area contributed by atoms with Crippen LogP contribution in [0.1, 0.15) is 12.8 Å². The number of morpholine rings is 1. The zero-order valence-corrected chi connectivity index (χ0v) is 15.4. The van der Waals surface area contributed by atoms with Crippen molar-refractivity contribution in [2.75, 3.05) is 59.7 Å². The van der Waals surface area contributed by atoms with E-state index in [1.165, 1.54) is 7.11 Å². The zero-order chi connectivity index (χ0) is 18.6. The first kappa shape index (κ1) is 20.2. The lowest BCUT2D eigenvalue weighted by Gasteiger charge is -2.30. The number of rotatable bonds is 10. The first-order chi connectivity index (χ1) is 12.7. The van der Waals surface area contributed by atoms with Crippen molar-refractivity contribution in [3.05, 3.63) is 30.3 Å². The predicted octanol–water partition coefficient (Wildman–Crippen LogP) is 1.18. The fourth-order valence-corrected chi connectivity index (χ4v) is 2.71. The number of benzene rings is 1. The van der Waals surface area contributed by atoms with Gasteiger partial charge in [0.05, 0.1) is 39.8 Å². The molecule has 0 spiro atoms. The highest BCUT2D eigenvalue weighted by molar-refractivity contribution is 5.77. The lowest BCUT2D eigenvalue weighted by Crippen LogP contribution is -2.43. The molecule has 26 heavy (non-hydrogen) atoms. The molecule has 1 saturated heterocycles. The summed E-state index contributed by atoms with van der Waals surface area (Å²) in [6, 6.07) is 9.42. The van der Waals surface area contributed by atoms with E-state index in [-0.39, 0.29) is 24.7 Å². The van der Waals surface area contributed by atoms with Crippen molar-refractivity contribution in [2.24, 2.45) is 0 Å². The highest BCUT2D eigenvalue weighted by atomic mass is 16.5. The Hall–Kier alpha value is -2.12. The maximum Gasteiger partial charge on any atom is 0.307 e. The van der Waals surface area contributed by atoms with E-state index < -0.39 is 0 Å². The van der Waals surface area contributed by atoms with Crippen molar-refractivity contribution in [1.82, 2.24) is 9.80 Å². The second-order valence-electron chi connectivity index (χ2n) is 6.07. The number of carbonyl (C=O) groups excluding carboxylic acids is 2. The van der Waals surface area contributed by atoms with Crippen LogP contribution in [-0.2, 0) is 19.1 Å². The summed E-state index contributed by atoms with van der Waals surface area (Å²) in [4.78, 5) is 28.0. The number of hydrogen-bond donors (Lipinski definition) is 0. The van der Waals surface area contributed by atoms with Gasteiger partial charge in [-0.1, -0.05) is 18.2 Å². The van der Waals surface area contributed by atoms with E-state index in [1.807, 2.05) is 30.3 Å². The molecular formula is C19H28N2O5. The molecule has 0 saturated carbocycles. The molecule has 0 radical (unpaired) electrons. The molecule has 1 heterocycles. The quantitative estimate of drug-likeness (QED) is 0.581. The van der Waals surface area contributed by atoms with Gasteiger partial charge in [0.15, 0.2) is 0 Å². The van der Waals surface area contributed by atoms with Crippen molar-refractivity contribution < 1.29 is 23.8 Å². The van der Waals surface area contributed by atoms with Crippen LogP contribution in [0.25, 0.3) is 0 Å². The summed E-state index contributed by atoms with van der Waals surface area (Å²) in [5.74, 6) is 0.419. The maximum absolute atomic E-state index is 12.6. The highest BCUT2D eigenvalue weighted by Gasteiger charge is 2.18. The molecule has 0 atom stereocenters. The molecule has 1 aliphatic rings. The molecule has 1 aromatic rings. The zero-order valence-electron chi connectivity index (χ0n) is 15.4. The van der Waals surface area contributed by atoms with Crippen LogP contribution in [0.4, 0.5) is 0 Å². The van der Waals surface area contributed by atoms with Crippen LogP contribution in [0.15, 0.2) is 30.3 Å². The van der Waals surface area contributed by atoms with Gasteiger partial charge in [-0.2, -0.15) is 0 Å². The SMILES string of the molecule is COC(=O)CCN(CCN1CCOCC1)C(=O)CCOc1ccccc1. The molecule has 0 aliphatic carbocycles. The molecule has 144 valence electrons. The third kappa shape index (κ3) is 7.41. The van der Waals surface area contributed by atoms with E-state index in [0.717, 1.165) is 38.6 Å². The first-order valence-electron chi connectivity index (χ1n) is 9.01. The summed E-state index contributed by atoms with van der Waals surface area (Å²) >= 11 is 0. The lowest BCUT2D eigenvalue weighted by molar-refractivity contribution is -0.141. The lowest BCUT2D eigenvalue weighted by atomic mass is 10.3. The second kappa shape index (κ2) is 11.5. The second-order valence-corrected chi connectivity index (χ2v) is 6.07. The summed E-state index contributed by atoms with van der Waals surface area (Å²) in [7, 11) is 1.36. The Morgan fingerprint density at radius 3 is 2.54 bits per heavy atom. The van der Waals surface area contributed by atoms with Crippen molar-refractivity contribution in [2.45, 2.75) is 12.8 Å². The minimum Gasteiger partial charge on any atom is -0.493 e. The predicted molar refractivity (Wildman–Crippen MR) is 97.0 cm³/mol. The van der Waals surface area contributed by atoms with Gasteiger partial charge in [-0.25, -0.2) is 0 Å². The molecule has 1 aromatic carbocycles. The molecule has 1 fully saturated rings. The Morgan fingerprint density at radius 1 is 1.12 bits per heavy atom. The number of para-hydroxylation sites is 1. The van der Waals surface area contributed by atoms with Crippen LogP contribution in [0, 0.1) is 0 Å². The molecule has 7 heteroatoms. The number of carbonyl (C=O) groups is 2. The topological polar surface area (TPSA) is 68.3 Å². The molecule has 0 bridgehead atoms. The van der Waals surface area contributed by atoms with Crippen molar-refractivity contribution in [3.8, 4) is 5.75 Å². The van der Waals surface area contributed by atoms with Gasteiger partial charge in [-0.3, -0.25) is 14.5 Å². The summed E-state index contributed by atoms with van der Waals surface area (Å²) < 4.78 is 15.6. The average molecular weight is 364 g/mol. The fraction of sp³-hybridized carbons (Fsp3) is 0.579. The van der Waals surface area contributed by atoms with Crippen LogP contribution in [-0.4, -0.2) is 81.3 Å². The summed E-state index contributed by atoms with van der Waals surface area (Å²) in [6.07, 6.45) is 0.476. The van der Waals surface area contributed by atoms with E-state index in [2.05, 4.69) is 9.64 Å². The Balaban J connectivity index is 1.79. The van der Waals surface area contributed by atoms with Gasteiger partial charge in [0, 0.05) is 32.7 Å². The van der Waals surface area contributed by atoms with Crippen molar-refractivity contribution >= 4 is 11.9 Å². The van der Waals surface area contributed by atoms with Gasteiger partial charge < -0.3 is 19.1 Å². The Bertz CT molecular complexity index is 546. The monoisotopic (exact) mass is 364 g/mol. The standard InChI is InChI=1S/C19H28N2O5/c1-24-19(23)7-9-21(11-10-20-12-15-25-16-13-20)18(22)8-14-26-17-5-3-2-4-6-17/h2-6H,7-16H2,1H3. The summed E-state index contributed by atoms with van der Waals surface area (Å²) in [5, 5.41) is 0. The van der Waals surface area contributed by atoms with Gasteiger partial charge in [0.25, 0.3) is 0 Å². The Labute approximate surface area is 154 Å². The molecule has 1 aliphatic heterocycles. The van der Waals surface area contributed by atoms with Gasteiger partial charge in [-0.15, -0.1) is 0 Å². The summed E-state index contributed by atoms with van der Waals surface area (Å²) in [5.41, 5.74) is 0. The van der Waals surface area contributed by atoms with Crippen LogP contribution < -0.4 is 4.74 Å². The van der Waals surface area contributed by atoms with Crippen LogP contribution in [0.3, 0.4) is 0 Å². The number of amides is 1. The van der Waals surface area contributed by atoms with Crippen molar-refractivity contribution in [3.63, 3.8) is 0 Å². The third-order valence-corrected chi connectivity index (χ3v) is 4.28. The molecule has 0 aromatic heterocycles. The van der Waals surface area contributed by atoms with E-state index in [0.29, 0.717) is 19.7 Å². The molecule has 2 rings (SSSR count). The molecule has 1 amide bonds. The smallest absolute Gasteiger partial charge is 0.307 e. The molecular weight excluding hydrogens is 336 g/mol. The van der Waals surface area contributed by atoms with E-state index in [1.54, 1.807) is 4.90 Å². The Morgan fingerprint density at radius 2 is 1.85 bits per heavy atom. The number of methoxy groups -OCH3 is 1. The van der Waals surface area contributed by atoms with Gasteiger partial charge in [-0.05, 0) is 12.1 Å². The van der Waals surface area contributed by atoms with Gasteiger partial charge in [0.2, 0.25) is 5.91 Å². The maximum atomic E-state index is 12.6. The van der Waals surface area contributed by atoms with E-state index in [9.17, 15) is 9.59 Å². The number of ether oxygens (including phenoxy) is 3. The minimum atomic E-state index is -0.310. The average Bonchev–Trinajstić information content (AvgIpc) is 2.69. The highest BCUT2D eigenvalue weighted by Crippen LogP contribution is 2.09. The number of esters is 1. The normalized spacial score (nSPS) is 14.7. The summed E-state index contributed by atoms with van der Waals surface area (Å²) in [6.45, 7) is 5.22. The molecule has 0 N–H and O–H groups in total. The number of nitrogens with zero attached hydrogens (tertiary/aromatic N) is 2. The van der Waals surface area contributed by atoms with Crippen LogP contribution >= 0.6 is 0 Å². The van der Waals surface area contributed by atoms with E-state index >= 15 is 0 Å². The van der Waals surface area contributed by atoms with Gasteiger partial charge >= 0.3 is 5.97 Å². The van der Waals surface area contributed by atoms with E-state index in [4.69, 9.17) is 9.47 Å². The Kier molecular flexibility index (Phi) is 8.92. The number of hydrogen-bond acceptors (Lipinski definition) is 6. The van der Waals surface area contributed by atoms with Crippen molar-refractivity contribution in [1.29, 1.82) is 0 Å².